The Morgan fingerprint density at radius 2 is 1.55 bits per heavy atom. The van der Waals surface area contributed by atoms with E-state index >= 15 is 0 Å². The van der Waals surface area contributed by atoms with Crippen LogP contribution in [-0.4, -0.2) is 29.0 Å². The number of nitro benzene ring substituents is 1. The van der Waals surface area contributed by atoms with Crippen molar-refractivity contribution in [2.75, 3.05) is 0 Å². The van der Waals surface area contributed by atoms with Crippen LogP contribution in [0.3, 0.4) is 0 Å². The Morgan fingerprint density at radius 3 is 2.16 bits per heavy atom. The van der Waals surface area contributed by atoms with E-state index in [1.54, 1.807) is 6.08 Å². The summed E-state index contributed by atoms with van der Waals surface area (Å²) in [5, 5.41) is 25.4. The summed E-state index contributed by atoms with van der Waals surface area (Å²) in [6.45, 7) is -0.117. The van der Waals surface area contributed by atoms with Crippen molar-refractivity contribution in [3.05, 3.63) is 124 Å². The van der Waals surface area contributed by atoms with Crippen LogP contribution in [-0.2, 0) is 29.0 Å². The van der Waals surface area contributed by atoms with Gasteiger partial charge < -0.3 is 15.4 Å². The summed E-state index contributed by atoms with van der Waals surface area (Å²) < 4.78 is 5.27. The molecule has 0 aliphatic heterocycles. The first-order chi connectivity index (χ1) is 18.4. The number of allylic oxidation sites excluding steroid dienone is 1. The first-order valence-electron chi connectivity index (χ1n) is 12.1. The van der Waals surface area contributed by atoms with Crippen molar-refractivity contribution in [1.29, 1.82) is 5.26 Å². The van der Waals surface area contributed by atoms with Crippen molar-refractivity contribution in [3.8, 4) is 6.07 Å². The first-order valence-corrected chi connectivity index (χ1v) is 12.1. The van der Waals surface area contributed by atoms with E-state index in [0.717, 1.165) is 11.1 Å². The Kier molecular flexibility index (Phi) is 10.6. The average molecular weight is 513 g/mol. The predicted molar refractivity (Wildman–Crippen MR) is 142 cm³/mol. The second-order valence-electron chi connectivity index (χ2n) is 8.51. The molecule has 0 radical (unpaired) electrons. The predicted octanol–water partition coefficient (Wildman–Crippen LogP) is 4.63. The third-order valence-electron chi connectivity index (χ3n) is 5.73. The molecule has 194 valence electrons. The van der Waals surface area contributed by atoms with Crippen molar-refractivity contribution in [2.45, 2.75) is 38.0 Å². The molecule has 2 atom stereocenters. The number of ether oxygens (including phenoxy) is 1. The van der Waals surface area contributed by atoms with Gasteiger partial charge in [0.15, 0.2) is 0 Å². The van der Waals surface area contributed by atoms with E-state index in [1.807, 2.05) is 66.7 Å². The molecule has 0 aliphatic carbocycles. The Balaban J connectivity index is 1.66. The lowest BCUT2D eigenvalue weighted by Gasteiger charge is -2.22. The lowest BCUT2D eigenvalue weighted by Crippen LogP contribution is -2.50. The number of benzene rings is 3. The van der Waals surface area contributed by atoms with E-state index < -0.39 is 29.0 Å². The summed E-state index contributed by atoms with van der Waals surface area (Å²) in [5.74, 6) is -0.415. The maximum atomic E-state index is 13.3. The summed E-state index contributed by atoms with van der Waals surface area (Å²) in [7, 11) is 0. The zero-order valence-corrected chi connectivity index (χ0v) is 20.7. The first kappa shape index (κ1) is 27.6. The topological polar surface area (TPSA) is 134 Å². The number of nitrogens with zero attached hydrogens (tertiary/aromatic N) is 2. The van der Waals surface area contributed by atoms with Crippen LogP contribution in [0.15, 0.2) is 97.1 Å². The molecule has 0 heterocycles. The summed E-state index contributed by atoms with van der Waals surface area (Å²) >= 11 is 0. The molecule has 2 amide bonds. The molecule has 0 aliphatic rings. The zero-order chi connectivity index (χ0) is 27.2. The third-order valence-corrected chi connectivity index (χ3v) is 5.73. The zero-order valence-electron chi connectivity index (χ0n) is 20.7. The number of carbonyl (C=O) groups is 2. The van der Waals surface area contributed by atoms with Crippen LogP contribution >= 0.6 is 0 Å². The van der Waals surface area contributed by atoms with Crippen LogP contribution in [0, 0.1) is 21.4 Å². The van der Waals surface area contributed by atoms with Crippen molar-refractivity contribution in [2.24, 2.45) is 0 Å². The monoisotopic (exact) mass is 512 g/mol. The second kappa shape index (κ2) is 14.6. The van der Waals surface area contributed by atoms with Gasteiger partial charge in [-0.25, -0.2) is 4.79 Å². The van der Waals surface area contributed by atoms with E-state index in [1.165, 1.54) is 30.3 Å². The fourth-order valence-corrected chi connectivity index (χ4v) is 3.73. The number of nitro groups is 1. The lowest BCUT2D eigenvalue weighted by atomic mass is 10.0. The largest absolute Gasteiger partial charge is 0.445 e. The smallest absolute Gasteiger partial charge is 0.408 e. The summed E-state index contributed by atoms with van der Waals surface area (Å²) in [6, 6.07) is 25.3. The highest BCUT2D eigenvalue weighted by molar-refractivity contribution is 5.86. The molecule has 0 bridgehead atoms. The highest BCUT2D eigenvalue weighted by Gasteiger charge is 2.24. The summed E-state index contributed by atoms with van der Waals surface area (Å²) in [6.07, 6.45) is 3.65. The Hall–Kier alpha value is -4.97. The number of rotatable bonds is 12. The fraction of sp³-hybridized carbons (Fsp3) is 0.207. The van der Waals surface area contributed by atoms with Gasteiger partial charge >= 0.3 is 6.09 Å². The van der Waals surface area contributed by atoms with Crippen LogP contribution in [0.5, 0.6) is 0 Å². The van der Waals surface area contributed by atoms with E-state index in [0.29, 0.717) is 18.4 Å². The highest BCUT2D eigenvalue weighted by atomic mass is 16.6. The summed E-state index contributed by atoms with van der Waals surface area (Å²) in [5.41, 5.74) is 2.45. The number of non-ortho nitro benzene ring substituents is 1. The molecule has 0 unspecified atom stereocenters. The van der Waals surface area contributed by atoms with Crippen LogP contribution in [0.4, 0.5) is 10.5 Å². The van der Waals surface area contributed by atoms with Gasteiger partial charge in [0.25, 0.3) is 5.69 Å². The molecular formula is C29H28N4O5. The minimum absolute atomic E-state index is 0.0648. The van der Waals surface area contributed by atoms with Gasteiger partial charge in [0.2, 0.25) is 5.91 Å². The molecule has 9 heteroatoms. The van der Waals surface area contributed by atoms with E-state index in [4.69, 9.17) is 10.00 Å². The van der Waals surface area contributed by atoms with E-state index in [2.05, 4.69) is 10.6 Å². The van der Waals surface area contributed by atoms with Crippen LogP contribution in [0.2, 0.25) is 0 Å². The number of nitrogens with one attached hydrogen (secondary N) is 2. The van der Waals surface area contributed by atoms with Crippen molar-refractivity contribution in [3.63, 3.8) is 0 Å². The standard InChI is InChI=1S/C29H28N4O5/c30-19-7-12-25(16-13-22-8-3-1-4-9-22)31-28(34)27(20-23-10-5-2-6-11-23)32-29(35)38-21-24-14-17-26(18-15-24)33(36)37/h1-12,14-15,17-18,25,27H,13,16,20-21H2,(H,31,34)(H,32,35)/b12-7+/t25-,27+/m1/s1. The fourth-order valence-electron chi connectivity index (χ4n) is 3.73. The molecule has 0 aromatic heterocycles. The van der Waals surface area contributed by atoms with Gasteiger partial charge in [0.05, 0.1) is 11.0 Å². The molecule has 0 saturated heterocycles. The molecule has 9 nitrogen and oxygen atoms in total. The molecule has 3 rings (SSSR count). The van der Waals surface area contributed by atoms with Gasteiger partial charge in [-0.3, -0.25) is 14.9 Å². The van der Waals surface area contributed by atoms with E-state index in [-0.39, 0.29) is 18.7 Å². The maximum absolute atomic E-state index is 13.3. The maximum Gasteiger partial charge on any atom is 0.408 e. The minimum atomic E-state index is -0.934. The summed E-state index contributed by atoms with van der Waals surface area (Å²) in [4.78, 5) is 36.2. The molecule has 38 heavy (non-hydrogen) atoms. The Labute approximate surface area is 220 Å². The molecule has 0 fully saturated rings. The van der Waals surface area contributed by atoms with Crippen molar-refractivity contribution in [1.82, 2.24) is 10.6 Å². The lowest BCUT2D eigenvalue weighted by molar-refractivity contribution is -0.384. The van der Waals surface area contributed by atoms with Gasteiger partial charge in [0.1, 0.15) is 12.6 Å². The van der Waals surface area contributed by atoms with Crippen LogP contribution in [0.1, 0.15) is 23.1 Å². The van der Waals surface area contributed by atoms with Gasteiger partial charge in [-0.15, -0.1) is 0 Å². The Morgan fingerprint density at radius 1 is 0.921 bits per heavy atom. The average Bonchev–Trinajstić information content (AvgIpc) is 2.94. The molecule has 0 spiro atoms. The molecule has 0 saturated carbocycles. The number of hydrogen-bond donors (Lipinski definition) is 2. The van der Waals surface area contributed by atoms with E-state index in [9.17, 15) is 19.7 Å². The number of alkyl carbamates (subject to hydrolysis) is 1. The Bertz CT molecular complexity index is 1270. The molecular weight excluding hydrogens is 484 g/mol. The van der Waals surface area contributed by atoms with Crippen LogP contribution in [0.25, 0.3) is 0 Å². The number of aryl methyl sites for hydroxylation is 1. The third kappa shape index (κ3) is 9.24. The van der Waals surface area contributed by atoms with Crippen molar-refractivity contribution < 1.29 is 19.2 Å². The highest BCUT2D eigenvalue weighted by Crippen LogP contribution is 2.13. The molecule has 2 N–H and O–H groups in total. The quantitative estimate of drug-likeness (QED) is 0.206. The van der Waals surface area contributed by atoms with Gasteiger partial charge in [-0.2, -0.15) is 5.26 Å². The number of amides is 2. The molecule has 3 aromatic rings. The second-order valence-corrected chi connectivity index (χ2v) is 8.51. The van der Waals surface area contributed by atoms with Crippen molar-refractivity contribution >= 4 is 17.7 Å². The minimum Gasteiger partial charge on any atom is -0.445 e. The SMILES string of the molecule is N#C/C=C/[C@H](CCc1ccccc1)NC(=O)[C@H](Cc1ccccc1)NC(=O)OCc1ccc([N+](=O)[O-])cc1. The van der Waals surface area contributed by atoms with Gasteiger partial charge in [-0.1, -0.05) is 66.7 Å². The van der Waals surface area contributed by atoms with Gasteiger partial charge in [0, 0.05) is 30.7 Å². The molecule has 3 aromatic carbocycles. The van der Waals surface area contributed by atoms with Gasteiger partial charge in [-0.05, 0) is 41.7 Å². The number of carbonyl (C=O) groups excluding carboxylic acids is 2. The number of nitriles is 1. The normalized spacial score (nSPS) is 12.2. The van der Waals surface area contributed by atoms with Crippen LogP contribution < -0.4 is 10.6 Å². The number of hydrogen-bond acceptors (Lipinski definition) is 6.